The summed E-state index contributed by atoms with van der Waals surface area (Å²) < 4.78 is 41.7. The number of hydrogen-bond donors (Lipinski definition) is 5. The molecule has 16 heteroatoms. The number of likely N-dealkylation sites (N-methyl/N-ethyl adjacent to an activating group) is 1. The van der Waals surface area contributed by atoms with Crippen molar-refractivity contribution in [1.82, 2.24) is 31.6 Å². The van der Waals surface area contributed by atoms with E-state index in [2.05, 4.69) is 31.6 Å². The minimum Gasteiger partial charge on any atom is -0.355 e. The largest absolute Gasteiger partial charge is 0.355 e. The van der Waals surface area contributed by atoms with E-state index >= 15 is 0 Å². The van der Waals surface area contributed by atoms with Gasteiger partial charge in [0.2, 0.25) is 11.8 Å². The first-order valence-corrected chi connectivity index (χ1v) is 19.7. The van der Waals surface area contributed by atoms with Crippen molar-refractivity contribution in [2.45, 2.75) is 63.7 Å². The number of hydrogen-bond acceptors (Lipinski definition) is 9. The first-order valence-electron chi connectivity index (χ1n) is 17.4. The van der Waals surface area contributed by atoms with Gasteiger partial charge in [0.15, 0.2) is 0 Å². The van der Waals surface area contributed by atoms with E-state index in [0.29, 0.717) is 18.0 Å². The molecule has 288 valence electrons. The van der Waals surface area contributed by atoms with Crippen LogP contribution in [0.3, 0.4) is 0 Å². The van der Waals surface area contributed by atoms with Crippen molar-refractivity contribution in [3.63, 3.8) is 0 Å². The molecule has 1 aromatic heterocycles. The lowest BCUT2D eigenvalue weighted by molar-refractivity contribution is -0.130. The van der Waals surface area contributed by atoms with Gasteiger partial charge < -0.3 is 26.6 Å². The van der Waals surface area contributed by atoms with Crippen molar-refractivity contribution >= 4 is 50.7 Å². The summed E-state index contributed by atoms with van der Waals surface area (Å²) in [5, 5.41) is 16.9. The molecule has 0 saturated carbocycles. The SMILES string of the molecule is CCNC(=O)[C@@H](NC(=O)[C@H](C)NC[C@H](Cc1ccccc1)NC(=O)c1cc(C(=O)NCc2nccs2)cc(N(C)S(=O)(=O)c2ccc(F)cc2)c1)C(C)C. The Kier molecular flexibility index (Phi) is 14.8. The molecule has 1 heterocycles. The van der Waals surface area contributed by atoms with Crippen LogP contribution in [0, 0.1) is 11.7 Å². The standard InChI is InChI=1S/C38H46FN7O6S2/c1-6-40-38(50)34(24(2)3)45-35(47)25(4)42-22-30(18-26-10-8-7-9-11-26)44-37(49)28-19-27(36(48)43-23-33-41-16-17-53-33)20-31(21-28)46(5)54(51,52)32-14-12-29(39)13-15-32/h7-17,19-21,24-25,30,34,42H,6,18,22-23H2,1-5H3,(H,40,50)(H,43,48)(H,44,49)(H,45,47)/t25-,30-,34-/m0/s1. The van der Waals surface area contributed by atoms with E-state index in [4.69, 9.17) is 0 Å². The van der Waals surface area contributed by atoms with Crippen LogP contribution in [-0.4, -0.2) is 75.3 Å². The topological polar surface area (TPSA) is 179 Å². The van der Waals surface area contributed by atoms with Gasteiger partial charge in [-0.05, 0) is 74.2 Å². The van der Waals surface area contributed by atoms with Gasteiger partial charge >= 0.3 is 0 Å². The third-order valence-electron chi connectivity index (χ3n) is 8.48. The summed E-state index contributed by atoms with van der Waals surface area (Å²) in [4.78, 5) is 57.1. The van der Waals surface area contributed by atoms with Gasteiger partial charge in [0.1, 0.15) is 16.9 Å². The highest BCUT2D eigenvalue weighted by Gasteiger charge is 2.28. The maximum atomic E-state index is 14.0. The van der Waals surface area contributed by atoms with Crippen LogP contribution in [0.1, 0.15) is 59.0 Å². The van der Waals surface area contributed by atoms with Gasteiger partial charge in [-0.1, -0.05) is 44.2 Å². The van der Waals surface area contributed by atoms with E-state index in [1.165, 1.54) is 36.6 Å². The average molecular weight is 780 g/mol. The van der Waals surface area contributed by atoms with Crippen LogP contribution in [0.25, 0.3) is 0 Å². The minimum absolute atomic E-state index is 0.00128. The molecule has 0 fully saturated rings. The summed E-state index contributed by atoms with van der Waals surface area (Å²) in [5.41, 5.74) is 0.934. The van der Waals surface area contributed by atoms with Gasteiger partial charge in [0, 0.05) is 48.9 Å². The highest BCUT2D eigenvalue weighted by atomic mass is 32.2. The first kappa shape index (κ1) is 41.6. The van der Waals surface area contributed by atoms with Crippen LogP contribution in [0.2, 0.25) is 0 Å². The number of aromatic nitrogens is 1. The molecule has 4 aromatic rings. The lowest BCUT2D eigenvalue weighted by Crippen LogP contribution is -2.55. The Morgan fingerprint density at radius 3 is 2.15 bits per heavy atom. The number of benzene rings is 3. The molecule has 0 aliphatic heterocycles. The minimum atomic E-state index is -4.23. The summed E-state index contributed by atoms with van der Waals surface area (Å²) in [5.74, 6) is -2.61. The average Bonchev–Trinajstić information content (AvgIpc) is 3.68. The molecule has 4 amide bonds. The van der Waals surface area contributed by atoms with Crippen molar-refractivity contribution < 1.29 is 32.0 Å². The van der Waals surface area contributed by atoms with E-state index < -0.39 is 51.7 Å². The Balaban J connectivity index is 1.61. The van der Waals surface area contributed by atoms with Crippen molar-refractivity contribution in [3.8, 4) is 0 Å². The summed E-state index contributed by atoms with van der Waals surface area (Å²) in [7, 11) is -2.96. The number of carbonyl (C=O) groups excluding carboxylic acids is 4. The van der Waals surface area contributed by atoms with Crippen LogP contribution < -0.4 is 30.9 Å². The van der Waals surface area contributed by atoms with Crippen LogP contribution in [0.4, 0.5) is 10.1 Å². The fourth-order valence-electron chi connectivity index (χ4n) is 5.41. The van der Waals surface area contributed by atoms with Gasteiger partial charge in [-0.2, -0.15) is 0 Å². The van der Waals surface area contributed by atoms with Crippen LogP contribution in [0.15, 0.2) is 89.3 Å². The molecule has 0 radical (unpaired) electrons. The molecule has 0 aliphatic carbocycles. The number of nitrogens with one attached hydrogen (secondary N) is 5. The number of thiazole rings is 1. The maximum absolute atomic E-state index is 14.0. The number of carbonyl (C=O) groups is 4. The summed E-state index contributed by atoms with van der Waals surface area (Å²) in [6, 6.07) is 15.7. The number of amides is 4. The molecule has 0 unspecified atom stereocenters. The second-order valence-corrected chi connectivity index (χ2v) is 15.9. The third-order valence-corrected chi connectivity index (χ3v) is 11.1. The predicted molar refractivity (Wildman–Crippen MR) is 206 cm³/mol. The molecular formula is C38H46FN7O6S2. The molecule has 54 heavy (non-hydrogen) atoms. The summed E-state index contributed by atoms with van der Waals surface area (Å²) >= 11 is 1.35. The monoisotopic (exact) mass is 779 g/mol. The summed E-state index contributed by atoms with van der Waals surface area (Å²) in [6.45, 7) is 7.81. The van der Waals surface area contributed by atoms with E-state index in [-0.39, 0.29) is 46.6 Å². The maximum Gasteiger partial charge on any atom is 0.264 e. The van der Waals surface area contributed by atoms with E-state index in [9.17, 15) is 32.0 Å². The molecule has 0 saturated heterocycles. The Bertz CT molecular complexity index is 2000. The lowest BCUT2D eigenvalue weighted by Gasteiger charge is -2.26. The third kappa shape index (κ3) is 11.4. The number of anilines is 1. The van der Waals surface area contributed by atoms with Crippen LogP contribution in [0.5, 0.6) is 0 Å². The van der Waals surface area contributed by atoms with Gasteiger partial charge in [-0.15, -0.1) is 11.3 Å². The zero-order chi connectivity index (χ0) is 39.4. The fraction of sp³-hybridized carbons (Fsp3) is 0.342. The van der Waals surface area contributed by atoms with Gasteiger partial charge in [0.05, 0.1) is 23.2 Å². The smallest absolute Gasteiger partial charge is 0.264 e. The molecule has 0 bridgehead atoms. The predicted octanol–water partition coefficient (Wildman–Crippen LogP) is 3.63. The number of rotatable bonds is 18. The Hall–Kier alpha value is -5.19. The second-order valence-electron chi connectivity index (χ2n) is 12.9. The molecule has 5 N–H and O–H groups in total. The van der Waals surface area contributed by atoms with E-state index in [0.717, 1.165) is 34.1 Å². The Morgan fingerprint density at radius 1 is 0.870 bits per heavy atom. The zero-order valence-corrected chi connectivity index (χ0v) is 32.4. The normalized spacial score (nSPS) is 13.0. The molecule has 3 atom stereocenters. The number of sulfonamides is 1. The Morgan fingerprint density at radius 2 is 1.54 bits per heavy atom. The number of halogens is 1. The molecule has 13 nitrogen and oxygen atoms in total. The second kappa shape index (κ2) is 19.2. The number of nitrogens with zero attached hydrogens (tertiary/aromatic N) is 2. The van der Waals surface area contributed by atoms with Crippen molar-refractivity contribution in [1.29, 1.82) is 0 Å². The fourth-order valence-corrected chi connectivity index (χ4v) is 7.14. The summed E-state index contributed by atoms with van der Waals surface area (Å²) in [6.07, 6.45) is 1.97. The van der Waals surface area contributed by atoms with Crippen LogP contribution in [-0.2, 0) is 32.6 Å². The molecule has 4 rings (SSSR count). The van der Waals surface area contributed by atoms with Gasteiger partial charge in [0.25, 0.3) is 21.8 Å². The molecule has 3 aromatic carbocycles. The zero-order valence-electron chi connectivity index (χ0n) is 30.8. The molecular weight excluding hydrogens is 734 g/mol. The van der Waals surface area contributed by atoms with Crippen molar-refractivity contribution in [2.24, 2.45) is 5.92 Å². The molecule has 0 aliphatic rings. The van der Waals surface area contributed by atoms with E-state index in [1.807, 2.05) is 44.2 Å². The van der Waals surface area contributed by atoms with Gasteiger partial charge in [-0.25, -0.2) is 17.8 Å². The Labute approximate surface area is 319 Å². The quantitative estimate of drug-likeness (QED) is 0.102. The van der Waals surface area contributed by atoms with Crippen molar-refractivity contribution in [2.75, 3.05) is 24.4 Å². The van der Waals surface area contributed by atoms with Crippen molar-refractivity contribution in [3.05, 3.63) is 112 Å². The lowest BCUT2D eigenvalue weighted by atomic mass is 10.0. The van der Waals surface area contributed by atoms with E-state index in [1.54, 1.807) is 25.4 Å². The first-order chi connectivity index (χ1) is 25.7. The van der Waals surface area contributed by atoms with Gasteiger partial charge in [-0.3, -0.25) is 23.5 Å². The highest BCUT2D eigenvalue weighted by molar-refractivity contribution is 7.92. The highest BCUT2D eigenvalue weighted by Crippen LogP contribution is 2.25. The molecule has 0 spiro atoms. The van der Waals surface area contributed by atoms with Crippen LogP contribution >= 0.6 is 11.3 Å².